The number of piperazine rings is 1. The first-order valence-electron chi connectivity index (χ1n) is 12.2. The number of hydrogen-bond donors (Lipinski definition) is 1. The van der Waals surface area contributed by atoms with Gasteiger partial charge in [0.1, 0.15) is 5.82 Å². The van der Waals surface area contributed by atoms with Gasteiger partial charge in [-0.05, 0) is 36.3 Å². The van der Waals surface area contributed by atoms with Crippen LogP contribution in [0.5, 0.6) is 5.88 Å². The van der Waals surface area contributed by atoms with E-state index in [1.54, 1.807) is 36.1 Å². The molecule has 1 N–H and O–H groups in total. The largest absolute Gasteiger partial charge is 0.515 e. The number of halogens is 1. The molecule has 0 atom stereocenters. The number of Topliss-reactive ketones (excluding diaryl/α,β-unsaturated/α-hetero) is 1. The zero-order chi connectivity index (χ0) is 27.5. The Morgan fingerprint density at radius 2 is 1.74 bits per heavy atom. The van der Waals surface area contributed by atoms with Crippen LogP contribution in [-0.4, -0.2) is 76.5 Å². The second kappa shape index (κ2) is 10.8. The second-order valence-corrected chi connectivity index (χ2v) is 8.64. The Hall–Kier alpha value is -5.00. The summed E-state index contributed by atoms with van der Waals surface area (Å²) < 4.78 is 29.8. The van der Waals surface area contributed by atoms with Gasteiger partial charge in [-0.3, -0.25) is 14.4 Å². The van der Waals surface area contributed by atoms with Crippen LogP contribution in [0.4, 0.5) is 9.18 Å². The highest BCUT2D eigenvalue weighted by Crippen LogP contribution is 2.33. The number of carbonyl (C=O) groups is 4. The molecule has 5 rings (SSSR count). The van der Waals surface area contributed by atoms with Crippen molar-refractivity contribution < 1.29 is 37.6 Å². The van der Waals surface area contributed by atoms with Crippen molar-refractivity contribution in [1.82, 2.24) is 19.9 Å². The van der Waals surface area contributed by atoms with Crippen molar-refractivity contribution >= 4 is 34.7 Å². The molecule has 11 nitrogen and oxygen atoms in total. The number of hydrogen-bond acceptors (Lipinski definition) is 8. The Labute approximate surface area is 221 Å². The molecule has 1 fully saturated rings. The normalized spacial score (nSPS) is 13.4. The van der Waals surface area contributed by atoms with Gasteiger partial charge in [0, 0.05) is 48.9 Å². The summed E-state index contributed by atoms with van der Waals surface area (Å²) in [7, 11) is 0. The summed E-state index contributed by atoms with van der Waals surface area (Å²) in [5.74, 6) is -2.58. The average molecular weight is 535 g/mol. The van der Waals surface area contributed by atoms with Crippen molar-refractivity contribution in [2.24, 2.45) is 0 Å². The van der Waals surface area contributed by atoms with Crippen LogP contribution in [0.2, 0.25) is 0 Å². The van der Waals surface area contributed by atoms with Gasteiger partial charge in [-0.2, -0.15) is 0 Å². The molecule has 0 spiro atoms. The molecule has 0 unspecified atom stereocenters. The maximum absolute atomic E-state index is 14.9. The van der Waals surface area contributed by atoms with E-state index < -0.39 is 23.7 Å². The zero-order valence-corrected chi connectivity index (χ0v) is 20.8. The van der Waals surface area contributed by atoms with Crippen LogP contribution in [0, 0.1) is 5.82 Å². The number of nitrogens with one attached hydrogen (secondary N) is 1. The highest BCUT2D eigenvalue weighted by Gasteiger charge is 2.31. The molecule has 3 heterocycles. The van der Waals surface area contributed by atoms with E-state index in [0.29, 0.717) is 11.1 Å². The Morgan fingerprint density at radius 3 is 2.46 bits per heavy atom. The third-order valence-electron chi connectivity index (χ3n) is 6.30. The van der Waals surface area contributed by atoms with Crippen LogP contribution in [0.1, 0.15) is 27.6 Å². The first-order valence-corrected chi connectivity index (χ1v) is 12.2. The predicted octanol–water partition coefficient (Wildman–Crippen LogP) is 3.66. The third-order valence-corrected chi connectivity index (χ3v) is 6.30. The van der Waals surface area contributed by atoms with Gasteiger partial charge in [-0.15, -0.1) is 0 Å². The lowest BCUT2D eigenvalue weighted by atomic mass is 10.0. The summed E-state index contributed by atoms with van der Waals surface area (Å²) in [4.78, 5) is 56.3. The van der Waals surface area contributed by atoms with E-state index in [9.17, 15) is 23.6 Å². The minimum Gasteiger partial charge on any atom is -0.434 e. The van der Waals surface area contributed by atoms with Gasteiger partial charge in [0.2, 0.25) is 0 Å². The molecular formula is C27H23FN4O7. The van der Waals surface area contributed by atoms with E-state index in [4.69, 9.17) is 14.0 Å². The van der Waals surface area contributed by atoms with Crippen molar-refractivity contribution in [1.29, 1.82) is 0 Å². The van der Waals surface area contributed by atoms with Crippen molar-refractivity contribution in [2.75, 3.05) is 32.8 Å². The van der Waals surface area contributed by atoms with Crippen LogP contribution >= 0.6 is 0 Å². The molecule has 200 valence electrons. The SMILES string of the molecule is CCOC(=O)Oc1cc(-c2ccc(F)c3c(C(=O)C(=O)N4CCN(C(=O)c5ccccc5)CC4)c[nH]c23)on1. The van der Waals surface area contributed by atoms with Crippen LogP contribution in [0.3, 0.4) is 0 Å². The monoisotopic (exact) mass is 534 g/mol. The number of H-pyrrole nitrogens is 1. The maximum Gasteiger partial charge on any atom is 0.515 e. The molecule has 2 aromatic carbocycles. The van der Waals surface area contributed by atoms with Crippen LogP contribution < -0.4 is 4.74 Å². The molecule has 2 aromatic heterocycles. The Kier molecular flexibility index (Phi) is 7.08. The Bertz CT molecular complexity index is 1550. The third kappa shape index (κ3) is 5.08. The fraction of sp³-hybridized carbons (Fsp3) is 0.222. The molecule has 1 aliphatic rings. The van der Waals surface area contributed by atoms with Crippen LogP contribution in [-0.2, 0) is 9.53 Å². The summed E-state index contributed by atoms with van der Waals surface area (Å²) in [6, 6.07) is 12.7. The molecule has 12 heteroatoms. The first-order chi connectivity index (χ1) is 18.9. The van der Waals surface area contributed by atoms with Gasteiger partial charge in [0.05, 0.1) is 23.8 Å². The lowest BCUT2D eigenvalue weighted by Crippen LogP contribution is -2.52. The number of amides is 2. The standard InChI is InChI=1S/C27H23FN4O7/c1-2-37-27(36)38-21-14-20(39-30-21)17-8-9-19(28)22-18(15-29-23(17)22)24(33)26(35)32-12-10-31(11-13-32)25(34)16-6-4-3-5-7-16/h3-9,14-15,29H,2,10-13H2,1H3. The highest BCUT2D eigenvalue weighted by atomic mass is 19.1. The molecule has 1 saturated heterocycles. The molecule has 1 aliphatic heterocycles. The number of aromatic nitrogens is 2. The van der Waals surface area contributed by atoms with Gasteiger partial charge < -0.3 is 28.8 Å². The second-order valence-electron chi connectivity index (χ2n) is 8.64. The smallest absolute Gasteiger partial charge is 0.434 e. The predicted molar refractivity (Wildman–Crippen MR) is 135 cm³/mol. The number of aromatic amines is 1. The summed E-state index contributed by atoms with van der Waals surface area (Å²) in [6.45, 7) is 2.59. The number of nitrogens with zero attached hydrogens (tertiary/aromatic N) is 3. The number of benzene rings is 2. The van der Waals surface area contributed by atoms with Crippen LogP contribution in [0.25, 0.3) is 22.2 Å². The van der Waals surface area contributed by atoms with Crippen molar-refractivity contribution in [2.45, 2.75) is 6.92 Å². The van der Waals surface area contributed by atoms with Gasteiger partial charge in [0.15, 0.2) is 5.76 Å². The minimum atomic E-state index is -0.960. The summed E-state index contributed by atoms with van der Waals surface area (Å²) >= 11 is 0. The molecule has 0 bridgehead atoms. The first kappa shape index (κ1) is 25.6. The molecule has 4 aromatic rings. The number of carbonyl (C=O) groups excluding carboxylic acids is 4. The number of fused-ring (bicyclic) bond motifs is 1. The Balaban J connectivity index is 1.32. The highest BCUT2D eigenvalue weighted by molar-refractivity contribution is 6.45. The van der Waals surface area contributed by atoms with Gasteiger partial charge in [0.25, 0.3) is 23.5 Å². The fourth-order valence-corrected chi connectivity index (χ4v) is 4.39. The van der Waals surface area contributed by atoms with Crippen molar-refractivity contribution in [3.8, 4) is 17.2 Å². The topological polar surface area (TPSA) is 135 Å². The quantitative estimate of drug-likeness (QED) is 0.225. The summed E-state index contributed by atoms with van der Waals surface area (Å²) in [5.41, 5.74) is 0.935. The number of rotatable bonds is 6. The maximum atomic E-state index is 14.9. The van der Waals surface area contributed by atoms with E-state index in [2.05, 4.69) is 10.1 Å². The Morgan fingerprint density at radius 1 is 1.03 bits per heavy atom. The van der Waals surface area contributed by atoms with E-state index in [0.717, 1.165) is 6.07 Å². The van der Waals surface area contributed by atoms with E-state index >= 15 is 0 Å². The van der Waals surface area contributed by atoms with Crippen molar-refractivity contribution in [3.63, 3.8) is 0 Å². The van der Waals surface area contributed by atoms with E-state index in [-0.39, 0.29) is 66.8 Å². The van der Waals surface area contributed by atoms with Crippen molar-refractivity contribution in [3.05, 3.63) is 71.7 Å². The molecule has 2 amide bonds. The zero-order valence-electron chi connectivity index (χ0n) is 20.8. The molecule has 0 radical (unpaired) electrons. The lowest BCUT2D eigenvalue weighted by Gasteiger charge is -2.34. The molecule has 39 heavy (non-hydrogen) atoms. The number of ketones is 1. The summed E-state index contributed by atoms with van der Waals surface area (Å²) in [5, 5.41) is 3.56. The van der Waals surface area contributed by atoms with E-state index in [1.807, 2.05) is 6.07 Å². The van der Waals surface area contributed by atoms with Crippen LogP contribution in [0.15, 0.2) is 59.3 Å². The lowest BCUT2D eigenvalue weighted by molar-refractivity contribution is -0.127. The molecular weight excluding hydrogens is 511 g/mol. The minimum absolute atomic E-state index is 0.0898. The van der Waals surface area contributed by atoms with Gasteiger partial charge in [-0.25, -0.2) is 9.18 Å². The molecule has 0 aliphatic carbocycles. The van der Waals surface area contributed by atoms with Gasteiger partial charge in [-0.1, -0.05) is 18.2 Å². The number of ether oxygens (including phenoxy) is 2. The fourth-order valence-electron chi connectivity index (χ4n) is 4.39. The van der Waals surface area contributed by atoms with E-state index in [1.165, 1.54) is 23.2 Å². The summed E-state index contributed by atoms with van der Waals surface area (Å²) in [6.07, 6.45) is 0.303. The molecule has 0 saturated carbocycles. The average Bonchev–Trinajstić information content (AvgIpc) is 3.61. The van der Waals surface area contributed by atoms with Gasteiger partial charge >= 0.3 is 6.16 Å².